The molecule has 0 atom stereocenters. The number of hydrogen-bond donors (Lipinski definition) is 0. The summed E-state index contributed by atoms with van der Waals surface area (Å²) in [7, 11) is 10.5. The molecule has 21 radical (unpaired) electrons. The van der Waals surface area contributed by atoms with Crippen molar-refractivity contribution in [1.29, 1.82) is 0 Å². The van der Waals surface area contributed by atoms with Crippen molar-refractivity contribution in [3.8, 4) is 11.1 Å². The Morgan fingerprint density at radius 3 is 0.521 bits per heavy atom. The minimum Gasteiger partial charge on any atom is -0.391 e. The zero-order valence-corrected chi connectivity index (χ0v) is 153. The molecule has 0 aliphatic heterocycles. The molecule has 13 aromatic carbocycles. The van der Waals surface area contributed by atoms with E-state index in [1.807, 2.05) is 294 Å². The van der Waals surface area contributed by atoms with Gasteiger partial charge in [-0.3, -0.25) is 0 Å². The number of aromatic nitrogens is 3. The van der Waals surface area contributed by atoms with Gasteiger partial charge in [0.1, 0.15) is 0 Å². The first kappa shape index (κ1) is 215. The van der Waals surface area contributed by atoms with Crippen molar-refractivity contribution in [2.24, 2.45) is 21.1 Å². The molecule has 16 rings (SSSR count). The van der Waals surface area contributed by atoms with Gasteiger partial charge in [0.25, 0.3) is 0 Å². The molecule has 0 aliphatic rings. The Bertz CT molecular complexity index is 4550. The van der Waals surface area contributed by atoms with Gasteiger partial charge in [0.15, 0.2) is 0 Å². The van der Waals surface area contributed by atoms with Crippen LogP contribution < -0.4 is 14.7 Å². The molecule has 16 aromatic rings. The summed E-state index contributed by atoms with van der Waals surface area (Å²) >= 11 is 0. The Morgan fingerprint density at radius 2 is 0.329 bits per heavy atom. The molecule has 3 heterocycles. The molecular formula is C113H160N6Y21-2. The molecular weight excluding hydrogens is 3310 g/mol. The molecule has 0 unspecified atom stereocenters. The molecule has 0 spiro atoms. The van der Waals surface area contributed by atoms with E-state index in [1.54, 1.807) is 0 Å². The molecule has 0 saturated heterocycles. The van der Waals surface area contributed by atoms with Gasteiger partial charge < -0.3 is 28.4 Å². The molecule has 0 saturated carbocycles. The molecule has 140 heavy (non-hydrogen) atoms. The summed E-state index contributed by atoms with van der Waals surface area (Å²) in [6.07, 6.45) is 0. The second kappa shape index (κ2) is 151. The molecule has 0 amide bonds. The Morgan fingerprint density at radius 1 is 0.164 bits per heavy atom. The number of hydrogen-bond acceptors (Lipinski definition) is 3. The van der Waals surface area contributed by atoms with Crippen LogP contribution in [0.15, 0.2) is 334 Å². The van der Waals surface area contributed by atoms with E-state index in [1.165, 1.54) is 105 Å². The van der Waals surface area contributed by atoms with E-state index in [4.69, 9.17) is 0 Å². The SMILES string of the molecule is CC.CC.CC.CC.CC.CC.CC.CC.CC.CC.CC.CC.CC.CC.CC.CN(c1[c-]cccc1)c1[c-]cccc1.CN(c1ccccc1)c1ccccc1.Cn1c2ccccc2c2cc(-c3ccc4c(c3)c3ccccc3n4C)ccc21.Cn1c2ccccc2c2ccccc21.[Y].[Y].[Y].[Y].[Y].[Y].[Y].[Y].[Y].[Y].[Y].[Y].[Y].[Y].[Y].[Y].[Y].[Y].[Y].[Y].[Y].c1ccc(N(c2ccccc2)c2ccccc2)cc1. The number of fused-ring (bicyclic) bond motifs is 9. The Kier molecular flexibility index (Phi) is 231. The van der Waals surface area contributed by atoms with E-state index < -0.39 is 0 Å². The van der Waals surface area contributed by atoms with Crippen molar-refractivity contribution in [2.75, 3.05) is 28.8 Å². The maximum absolute atomic E-state index is 3.17. The maximum atomic E-state index is 3.17. The van der Waals surface area contributed by atoms with Crippen molar-refractivity contribution < 1.29 is 687 Å². The smallest absolute Gasteiger partial charge is 0.0489 e. The molecule has 0 bridgehead atoms. The largest absolute Gasteiger partial charge is 0.391 e. The summed E-state index contributed by atoms with van der Waals surface area (Å²) in [6, 6.07) is 122. The van der Waals surface area contributed by atoms with Crippen LogP contribution >= 0.6 is 0 Å². The third-order valence-corrected chi connectivity index (χ3v) is 16.4. The molecule has 6 nitrogen and oxygen atoms in total. The normalized spacial score (nSPS) is 7.48. The van der Waals surface area contributed by atoms with Crippen LogP contribution in [0.2, 0.25) is 0 Å². The summed E-state index contributed by atoms with van der Waals surface area (Å²) < 4.78 is 6.80. The van der Waals surface area contributed by atoms with Gasteiger partial charge in [-0.15, -0.1) is 12.1 Å². The minimum atomic E-state index is 0. The number of rotatable bonds is 8. The zero-order valence-electron chi connectivity index (χ0n) is 93.1. The third-order valence-electron chi connectivity index (χ3n) is 16.4. The van der Waals surface area contributed by atoms with Gasteiger partial charge >= 0.3 is 0 Å². The van der Waals surface area contributed by atoms with Gasteiger partial charge in [-0.1, -0.05) is 395 Å². The number of anilines is 7. The summed E-state index contributed by atoms with van der Waals surface area (Å²) in [4.78, 5) is 6.47. The fourth-order valence-electron chi connectivity index (χ4n) is 11.8. The standard InChI is InChI=1S/C26H20N2.C18H15N.C13H11N.C13H13N.C13H11N.15C2H6.21Y/c1-27-23-9-5-3-7-19(23)21-15-17(11-13-25(21)27)18-12-14-26-22(16-18)20-8-4-6-10-24(20)28(26)2;1-4-10-16(11-5-1)19(17-12-6-2-7-13-17)18-14-8-3-9-15-18;1-14-12-8-4-2-6-10(12)11-7-3-5-9-13(11)14;2*1-14(12-8-4-2-5-9-12)13-10-6-3-7-11-13;15*1-2;;;;;;;;;;;;;;;;;;;;;/h3-16H,1-2H3;1-15H;2-9H,1H3;2-11H,1H3;2-8,10H,1H3;15*1-2H3;;;;;;;;;;;;;;;;;;;;;/q;;;;-2;;;;;;;;;;;;;;;;;;;;;;;;;;;;;;;;;;;;. The fourth-order valence-corrected chi connectivity index (χ4v) is 11.8. The number of nitrogens with zero attached hydrogens (tertiary/aromatic N) is 6. The van der Waals surface area contributed by atoms with E-state index in [2.05, 4.69) is 324 Å². The van der Waals surface area contributed by atoms with E-state index in [0.717, 1.165) is 11.4 Å². The maximum Gasteiger partial charge on any atom is 0.0489 e. The van der Waals surface area contributed by atoms with Crippen LogP contribution in [0.1, 0.15) is 208 Å². The summed E-state index contributed by atoms with van der Waals surface area (Å²) in [6.45, 7) is 60.0. The summed E-state index contributed by atoms with van der Waals surface area (Å²) in [5, 5.41) is 7.93. The third kappa shape index (κ3) is 78.3. The zero-order chi connectivity index (χ0) is 90.9. The van der Waals surface area contributed by atoms with Crippen LogP contribution in [0.4, 0.5) is 39.8 Å². The van der Waals surface area contributed by atoms with Gasteiger partial charge in [-0.2, -0.15) is 48.5 Å². The van der Waals surface area contributed by atoms with Crippen LogP contribution in [-0.2, 0) is 708 Å². The van der Waals surface area contributed by atoms with Crippen LogP contribution in [0, 0.1) is 12.1 Å². The monoisotopic (exact) mass is 3470 g/mol. The first-order valence-corrected chi connectivity index (χ1v) is 45.1. The fraction of sp³-hybridized carbons (Fsp3) is 0.310. The summed E-state index contributed by atoms with van der Waals surface area (Å²) in [5.41, 5.74) is 18.2. The number of benzene rings is 13. The van der Waals surface area contributed by atoms with E-state index in [-0.39, 0.29) is 687 Å². The minimum absolute atomic E-state index is 0. The predicted molar refractivity (Wildman–Crippen MR) is 551 cm³/mol. The number of para-hydroxylation sites is 11. The van der Waals surface area contributed by atoms with Crippen LogP contribution in [0.5, 0.6) is 0 Å². The van der Waals surface area contributed by atoms with E-state index >= 15 is 0 Å². The second-order valence-electron chi connectivity index (χ2n) is 21.8. The van der Waals surface area contributed by atoms with E-state index in [9.17, 15) is 0 Å². The Balaban J connectivity index is -0.0000000471. The van der Waals surface area contributed by atoms with Crippen molar-refractivity contribution in [2.45, 2.75) is 208 Å². The van der Waals surface area contributed by atoms with Crippen molar-refractivity contribution in [1.82, 2.24) is 13.7 Å². The van der Waals surface area contributed by atoms with Gasteiger partial charge in [0.2, 0.25) is 0 Å². The molecule has 0 aliphatic carbocycles. The van der Waals surface area contributed by atoms with Crippen molar-refractivity contribution >= 4 is 105 Å². The van der Waals surface area contributed by atoms with Crippen molar-refractivity contribution in [3.63, 3.8) is 0 Å². The van der Waals surface area contributed by atoms with Gasteiger partial charge in [0.05, 0.1) is 0 Å². The predicted octanol–water partition coefficient (Wildman–Crippen LogP) is 37.0. The quantitative estimate of drug-likeness (QED) is 0.142. The second-order valence-corrected chi connectivity index (χ2v) is 21.8. The molecule has 0 N–H and O–H groups in total. The van der Waals surface area contributed by atoms with E-state index in [0.29, 0.717) is 0 Å². The van der Waals surface area contributed by atoms with Crippen LogP contribution in [0.25, 0.3) is 76.5 Å². The first-order chi connectivity index (χ1) is 58.8. The molecule has 707 valence electrons. The van der Waals surface area contributed by atoms with Gasteiger partial charge in [-0.05, 0) is 120 Å². The van der Waals surface area contributed by atoms with Gasteiger partial charge in [0, 0.05) is 816 Å². The van der Waals surface area contributed by atoms with Crippen LogP contribution in [0.3, 0.4) is 0 Å². The average Bonchev–Trinajstić information content (AvgIpc) is 1.60. The van der Waals surface area contributed by atoms with Crippen molar-refractivity contribution in [3.05, 3.63) is 346 Å². The average molecular weight is 3470 g/mol. The molecule has 3 aromatic heterocycles. The topological polar surface area (TPSA) is 24.5 Å². The first-order valence-electron chi connectivity index (χ1n) is 45.1. The Hall–Kier alpha value is 11.8. The van der Waals surface area contributed by atoms with Crippen LogP contribution in [-0.4, -0.2) is 27.8 Å². The number of aryl methyl sites for hydroxylation is 3. The molecule has 0 fully saturated rings. The summed E-state index contributed by atoms with van der Waals surface area (Å²) in [5.74, 6) is 0. The molecule has 27 heteroatoms. The Labute approximate surface area is 1390 Å². The van der Waals surface area contributed by atoms with Gasteiger partial charge in [-0.25, -0.2) is 0 Å².